The van der Waals surface area contributed by atoms with E-state index in [1.54, 1.807) is 32.9 Å². The van der Waals surface area contributed by atoms with E-state index in [0.29, 0.717) is 5.76 Å². The molecule has 0 aliphatic rings. The number of rotatable bonds is 4. The molecule has 19 heavy (non-hydrogen) atoms. The van der Waals surface area contributed by atoms with E-state index in [4.69, 9.17) is 9.15 Å². The Labute approximate surface area is 112 Å². The number of aliphatic carboxylic acids is 1. The van der Waals surface area contributed by atoms with Crippen molar-refractivity contribution in [2.45, 2.75) is 38.8 Å². The van der Waals surface area contributed by atoms with Crippen LogP contribution in [-0.2, 0) is 16.0 Å². The van der Waals surface area contributed by atoms with Gasteiger partial charge in [-0.15, -0.1) is 0 Å². The van der Waals surface area contributed by atoms with Gasteiger partial charge >= 0.3 is 12.1 Å². The summed E-state index contributed by atoms with van der Waals surface area (Å²) in [4.78, 5) is 24.2. The fourth-order valence-corrected chi connectivity index (χ4v) is 1.47. The fourth-order valence-electron chi connectivity index (χ4n) is 1.47. The van der Waals surface area contributed by atoms with Crippen molar-refractivity contribution in [1.82, 2.24) is 4.90 Å². The maximum atomic E-state index is 11.8. The van der Waals surface area contributed by atoms with Crippen LogP contribution in [0.5, 0.6) is 0 Å². The van der Waals surface area contributed by atoms with Gasteiger partial charge in [0, 0.05) is 13.5 Å². The van der Waals surface area contributed by atoms with Gasteiger partial charge in [-0.3, -0.25) is 4.90 Å². The topological polar surface area (TPSA) is 80.0 Å². The third kappa shape index (κ3) is 4.65. The summed E-state index contributed by atoms with van der Waals surface area (Å²) in [6, 6.07) is 2.31. The minimum atomic E-state index is -1.11. The lowest BCUT2D eigenvalue weighted by atomic mass is 10.1. The predicted molar refractivity (Wildman–Crippen MR) is 67.8 cm³/mol. The van der Waals surface area contributed by atoms with E-state index in [1.807, 2.05) is 0 Å². The molecule has 1 rings (SSSR count). The van der Waals surface area contributed by atoms with Gasteiger partial charge in [-0.25, -0.2) is 9.59 Å². The SMILES string of the molecule is CN(C(=O)OC(C)(C)C)[C@H](Cc1ccco1)C(=O)O. The zero-order valence-electron chi connectivity index (χ0n) is 11.5. The number of furan rings is 1. The number of carboxylic acids is 1. The molecule has 6 nitrogen and oxygen atoms in total. The smallest absolute Gasteiger partial charge is 0.410 e. The molecule has 1 N–H and O–H groups in total. The zero-order chi connectivity index (χ0) is 14.6. The van der Waals surface area contributed by atoms with Crippen LogP contribution >= 0.6 is 0 Å². The minimum absolute atomic E-state index is 0.0953. The summed E-state index contributed by atoms with van der Waals surface area (Å²) >= 11 is 0. The Bertz CT molecular complexity index is 432. The second-order valence-electron chi connectivity index (χ2n) is 5.23. The fraction of sp³-hybridized carbons (Fsp3) is 0.538. The molecule has 6 heteroatoms. The highest BCUT2D eigenvalue weighted by Crippen LogP contribution is 2.14. The second-order valence-corrected chi connectivity index (χ2v) is 5.23. The molecule has 0 aliphatic carbocycles. The minimum Gasteiger partial charge on any atom is -0.480 e. The Morgan fingerprint density at radius 3 is 2.53 bits per heavy atom. The summed E-state index contributed by atoms with van der Waals surface area (Å²) in [6.45, 7) is 5.17. The standard InChI is InChI=1S/C13H19NO5/c1-13(2,3)19-12(17)14(4)10(11(15)16)8-9-6-5-7-18-9/h5-7,10H,8H2,1-4H3,(H,15,16)/t10-/m1/s1. The molecule has 0 radical (unpaired) electrons. The molecule has 1 aromatic heterocycles. The lowest BCUT2D eigenvalue weighted by molar-refractivity contribution is -0.142. The molecule has 0 saturated carbocycles. The van der Waals surface area contributed by atoms with Crippen LogP contribution in [0.15, 0.2) is 22.8 Å². The van der Waals surface area contributed by atoms with Crippen LogP contribution in [0.3, 0.4) is 0 Å². The molecule has 1 atom stereocenters. The summed E-state index contributed by atoms with van der Waals surface area (Å²) in [7, 11) is 1.40. The molecule has 1 amide bonds. The molecule has 0 bridgehead atoms. The monoisotopic (exact) mass is 269 g/mol. The number of nitrogens with zero attached hydrogens (tertiary/aromatic N) is 1. The van der Waals surface area contributed by atoms with Crippen molar-refractivity contribution in [2.24, 2.45) is 0 Å². The molecular weight excluding hydrogens is 250 g/mol. The Morgan fingerprint density at radius 2 is 2.11 bits per heavy atom. The van der Waals surface area contributed by atoms with Crippen LogP contribution < -0.4 is 0 Å². The van der Waals surface area contributed by atoms with Crippen LogP contribution in [0, 0.1) is 0 Å². The molecule has 106 valence electrons. The predicted octanol–water partition coefficient (Wildman–Crippen LogP) is 2.14. The summed E-state index contributed by atoms with van der Waals surface area (Å²) < 4.78 is 10.2. The number of amides is 1. The molecule has 0 saturated heterocycles. The maximum Gasteiger partial charge on any atom is 0.410 e. The second kappa shape index (κ2) is 5.77. The molecule has 0 fully saturated rings. The van der Waals surface area contributed by atoms with Crippen LogP contribution in [-0.4, -0.2) is 40.8 Å². The summed E-state index contributed by atoms with van der Waals surface area (Å²) in [5.41, 5.74) is -0.668. The third-order valence-corrected chi connectivity index (χ3v) is 2.41. The van der Waals surface area contributed by atoms with Crippen molar-refractivity contribution in [2.75, 3.05) is 7.05 Å². The van der Waals surface area contributed by atoms with Gasteiger partial charge in [0.05, 0.1) is 6.26 Å². The van der Waals surface area contributed by atoms with Gasteiger partial charge in [-0.05, 0) is 32.9 Å². The highest BCUT2D eigenvalue weighted by molar-refractivity contribution is 5.80. The molecule has 0 aliphatic heterocycles. The lowest BCUT2D eigenvalue weighted by Gasteiger charge is -2.28. The Morgan fingerprint density at radius 1 is 1.47 bits per heavy atom. The van der Waals surface area contributed by atoms with Crippen LogP contribution in [0.4, 0.5) is 4.79 Å². The van der Waals surface area contributed by atoms with Gasteiger partial charge in [0.1, 0.15) is 17.4 Å². The van der Waals surface area contributed by atoms with Crippen LogP contribution in [0.1, 0.15) is 26.5 Å². The van der Waals surface area contributed by atoms with E-state index < -0.39 is 23.7 Å². The average Bonchev–Trinajstić information content (AvgIpc) is 2.74. The number of carbonyl (C=O) groups excluding carboxylic acids is 1. The van der Waals surface area contributed by atoms with E-state index in [0.717, 1.165) is 4.90 Å². The highest BCUT2D eigenvalue weighted by Gasteiger charge is 2.30. The summed E-state index contributed by atoms with van der Waals surface area (Å²) in [6.07, 6.45) is 0.881. The largest absolute Gasteiger partial charge is 0.480 e. The van der Waals surface area contributed by atoms with Crippen LogP contribution in [0.2, 0.25) is 0 Å². The Balaban J connectivity index is 2.76. The first-order chi connectivity index (χ1) is 8.70. The highest BCUT2D eigenvalue weighted by atomic mass is 16.6. The normalized spacial score (nSPS) is 12.8. The van der Waals surface area contributed by atoms with Crippen molar-refractivity contribution in [3.05, 3.63) is 24.2 Å². The molecule has 0 unspecified atom stereocenters. The number of carbonyl (C=O) groups is 2. The van der Waals surface area contributed by atoms with Gasteiger partial charge in [-0.1, -0.05) is 0 Å². The van der Waals surface area contributed by atoms with Gasteiger partial charge in [0.25, 0.3) is 0 Å². The number of hydrogen-bond acceptors (Lipinski definition) is 4. The zero-order valence-corrected chi connectivity index (χ0v) is 11.5. The Kier molecular flexibility index (Phi) is 4.58. The van der Waals surface area contributed by atoms with Gasteiger partial charge in [0.2, 0.25) is 0 Å². The quantitative estimate of drug-likeness (QED) is 0.905. The summed E-state index contributed by atoms with van der Waals surface area (Å²) in [5.74, 6) is -0.604. The van der Waals surface area contributed by atoms with E-state index >= 15 is 0 Å². The maximum absolute atomic E-state index is 11.8. The molecular formula is C13H19NO5. The molecule has 0 spiro atoms. The third-order valence-electron chi connectivity index (χ3n) is 2.41. The van der Waals surface area contributed by atoms with E-state index in [9.17, 15) is 14.7 Å². The Hall–Kier alpha value is -1.98. The van der Waals surface area contributed by atoms with Gasteiger partial charge in [-0.2, -0.15) is 0 Å². The summed E-state index contributed by atoms with van der Waals surface area (Å²) in [5, 5.41) is 9.20. The molecule has 0 aromatic carbocycles. The molecule has 1 heterocycles. The number of carboxylic acid groups (broad SMARTS) is 1. The number of likely N-dealkylation sites (N-methyl/N-ethyl adjacent to an activating group) is 1. The van der Waals surface area contributed by atoms with E-state index in [2.05, 4.69) is 0 Å². The van der Waals surface area contributed by atoms with Crippen molar-refractivity contribution in [3.8, 4) is 0 Å². The number of ether oxygens (including phenoxy) is 1. The van der Waals surface area contributed by atoms with E-state index in [-0.39, 0.29) is 6.42 Å². The van der Waals surface area contributed by atoms with Crippen molar-refractivity contribution in [3.63, 3.8) is 0 Å². The van der Waals surface area contributed by atoms with Gasteiger partial charge < -0.3 is 14.3 Å². The lowest BCUT2D eigenvalue weighted by Crippen LogP contribution is -2.45. The number of hydrogen-bond donors (Lipinski definition) is 1. The van der Waals surface area contributed by atoms with Crippen molar-refractivity contribution >= 4 is 12.1 Å². The van der Waals surface area contributed by atoms with Crippen LogP contribution in [0.25, 0.3) is 0 Å². The first-order valence-electron chi connectivity index (χ1n) is 5.91. The first-order valence-corrected chi connectivity index (χ1v) is 5.91. The van der Waals surface area contributed by atoms with Crippen molar-refractivity contribution < 1.29 is 23.8 Å². The van der Waals surface area contributed by atoms with E-state index in [1.165, 1.54) is 13.3 Å². The van der Waals surface area contributed by atoms with Crippen molar-refractivity contribution in [1.29, 1.82) is 0 Å². The average molecular weight is 269 g/mol. The van der Waals surface area contributed by atoms with Gasteiger partial charge in [0.15, 0.2) is 0 Å². The first kappa shape index (κ1) is 15.1. The molecule has 1 aromatic rings.